The van der Waals surface area contributed by atoms with Crippen LogP contribution in [0.3, 0.4) is 0 Å². The number of fused-ring (bicyclic) bond motifs is 1. The molecule has 0 saturated carbocycles. The topological polar surface area (TPSA) is 98.6 Å². The maximum Gasteiger partial charge on any atom is 0.318 e. The Bertz CT molecular complexity index is 680. The number of hydrogen-bond acceptors (Lipinski definition) is 6. The smallest absolute Gasteiger partial charge is 0.318 e. The fourth-order valence-corrected chi connectivity index (χ4v) is 4.24. The number of carbonyl (C=O) groups is 2. The number of esters is 2. The summed E-state index contributed by atoms with van der Waals surface area (Å²) in [5, 5.41) is 3.90. The summed E-state index contributed by atoms with van der Waals surface area (Å²) in [6.45, 7) is 0.166. The molecule has 0 N–H and O–H groups in total. The molecule has 2 aliphatic rings. The van der Waals surface area contributed by atoms with Crippen molar-refractivity contribution in [2.75, 3.05) is 13.1 Å². The van der Waals surface area contributed by atoms with Crippen LogP contribution < -0.4 is 0 Å². The lowest BCUT2D eigenvalue weighted by molar-refractivity contribution is -0.153. The van der Waals surface area contributed by atoms with E-state index in [0.29, 0.717) is 6.42 Å². The monoisotopic (exact) mass is 299 g/mol. The van der Waals surface area contributed by atoms with Gasteiger partial charge >= 0.3 is 11.9 Å². The van der Waals surface area contributed by atoms with Crippen LogP contribution in [0.1, 0.15) is 6.42 Å². The average molecular weight is 299 g/mol. The fourth-order valence-electron chi connectivity index (χ4n) is 2.66. The third kappa shape index (κ3) is 1.85. The summed E-state index contributed by atoms with van der Waals surface area (Å²) < 4.78 is 32.0. The number of hydrogen-bond donors (Lipinski definition) is 0. The lowest BCUT2D eigenvalue weighted by Crippen LogP contribution is -2.45. The second kappa shape index (κ2) is 4.38. The number of sulfonamides is 1. The van der Waals surface area contributed by atoms with Gasteiger partial charge in [0.25, 0.3) is 10.0 Å². The van der Waals surface area contributed by atoms with Crippen LogP contribution in [0.2, 0.25) is 0 Å². The number of piperidine rings is 1. The fraction of sp³-hybridized carbons (Fsp3) is 0.545. The molecule has 3 rings (SSSR count). The van der Waals surface area contributed by atoms with E-state index in [1.54, 1.807) is 0 Å². The van der Waals surface area contributed by atoms with Crippen molar-refractivity contribution in [1.82, 2.24) is 14.1 Å². The summed E-state index contributed by atoms with van der Waals surface area (Å²) in [7, 11) is -2.18. The molecule has 2 saturated heterocycles. The van der Waals surface area contributed by atoms with Crippen molar-refractivity contribution in [3.05, 3.63) is 12.3 Å². The molecule has 8 nitrogen and oxygen atoms in total. The zero-order valence-corrected chi connectivity index (χ0v) is 11.5. The Morgan fingerprint density at radius 3 is 2.65 bits per heavy atom. The summed E-state index contributed by atoms with van der Waals surface area (Å²) in [6.07, 6.45) is 1.69. The largest absolute Gasteiger partial charge is 0.393 e. The van der Waals surface area contributed by atoms with Crippen LogP contribution in [0.25, 0.3) is 0 Å². The minimum Gasteiger partial charge on any atom is -0.393 e. The number of ether oxygens (including phenoxy) is 1. The molecule has 2 unspecified atom stereocenters. The molecule has 0 amide bonds. The first-order valence-corrected chi connectivity index (χ1v) is 7.59. The minimum atomic E-state index is -3.71. The number of nitrogens with zero attached hydrogens (tertiary/aromatic N) is 3. The van der Waals surface area contributed by atoms with Crippen molar-refractivity contribution >= 4 is 22.0 Å². The molecular formula is C11H13N3O5S. The highest BCUT2D eigenvalue weighted by molar-refractivity contribution is 7.89. The Morgan fingerprint density at radius 1 is 1.30 bits per heavy atom. The Kier molecular flexibility index (Phi) is 2.91. The molecule has 20 heavy (non-hydrogen) atoms. The Labute approximate surface area is 115 Å². The zero-order valence-electron chi connectivity index (χ0n) is 10.7. The molecule has 2 atom stereocenters. The van der Waals surface area contributed by atoms with Gasteiger partial charge in [0.15, 0.2) is 5.03 Å². The molecule has 9 heteroatoms. The lowest BCUT2D eigenvalue weighted by Gasteiger charge is -2.30. The lowest BCUT2D eigenvalue weighted by atomic mass is 9.89. The molecule has 1 aromatic rings. The van der Waals surface area contributed by atoms with Gasteiger partial charge in [0.2, 0.25) is 0 Å². The number of aryl methyl sites for hydroxylation is 1. The Balaban J connectivity index is 1.88. The molecule has 3 heterocycles. The number of aromatic nitrogens is 2. The summed E-state index contributed by atoms with van der Waals surface area (Å²) >= 11 is 0. The van der Waals surface area contributed by atoms with Gasteiger partial charge in [0, 0.05) is 20.1 Å². The van der Waals surface area contributed by atoms with E-state index in [0.717, 1.165) is 0 Å². The number of rotatable bonds is 2. The van der Waals surface area contributed by atoms with E-state index in [1.165, 1.54) is 28.3 Å². The van der Waals surface area contributed by atoms with E-state index in [1.807, 2.05) is 0 Å². The van der Waals surface area contributed by atoms with Gasteiger partial charge in [0.05, 0.1) is 18.0 Å². The zero-order chi connectivity index (χ0) is 14.5. The molecular weight excluding hydrogens is 286 g/mol. The van der Waals surface area contributed by atoms with E-state index >= 15 is 0 Å². The average Bonchev–Trinajstić information content (AvgIpc) is 2.95. The quantitative estimate of drug-likeness (QED) is 0.520. The molecule has 2 fully saturated rings. The van der Waals surface area contributed by atoms with E-state index in [9.17, 15) is 18.0 Å². The van der Waals surface area contributed by atoms with Crippen molar-refractivity contribution < 1.29 is 22.7 Å². The third-order valence-corrected chi connectivity index (χ3v) is 5.70. The van der Waals surface area contributed by atoms with Gasteiger partial charge in [-0.25, -0.2) is 8.42 Å². The molecule has 1 aromatic heterocycles. The second-order valence-electron chi connectivity index (χ2n) is 4.90. The van der Waals surface area contributed by atoms with Crippen LogP contribution in [0.15, 0.2) is 17.3 Å². The molecule has 108 valence electrons. The summed E-state index contributed by atoms with van der Waals surface area (Å²) in [6, 6.07) is 1.40. The van der Waals surface area contributed by atoms with Crippen molar-refractivity contribution in [3.63, 3.8) is 0 Å². The Morgan fingerprint density at radius 2 is 2.00 bits per heavy atom. The molecule has 0 bridgehead atoms. The normalized spacial score (nSPS) is 27.4. The molecule has 0 spiro atoms. The number of carbonyl (C=O) groups excluding carboxylic acids is 2. The molecule has 2 aliphatic heterocycles. The summed E-state index contributed by atoms with van der Waals surface area (Å²) in [5.74, 6) is -2.39. The summed E-state index contributed by atoms with van der Waals surface area (Å²) in [5.41, 5.74) is 0. The van der Waals surface area contributed by atoms with E-state index in [2.05, 4.69) is 9.84 Å². The van der Waals surface area contributed by atoms with E-state index in [4.69, 9.17) is 0 Å². The predicted molar refractivity (Wildman–Crippen MR) is 64.7 cm³/mol. The van der Waals surface area contributed by atoms with Crippen LogP contribution >= 0.6 is 0 Å². The number of cyclic esters (lactones) is 2. The Hall–Kier alpha value is -1.74. The first-order valence-electron chi connectivity index (χ1n) is 6.15. The van der Waals surface area contributed by atoms with E-state index in [-0.39, 0.29) is 18.1 Å². The van der Waals surface area contributed by atoms with Gasteiger partial charge in [-0.3, -0.25) is 14.3 Å². The predicted octanol–water partition coefficient (Wildman–Crippen LogP) is -0.870. The highest BCUT2D eigenvalue weighted by Crippen LogP contribution is 2.33. The van der Waals surface area contributed by atoms with Crippen LogP contribution in [-0.2, 0) is 31.4 Å². The van der Waals surface area contributed by atoms with Crippen molar-refractivity contribution in [3.8, 4) is 0 Å². The first kappa shape index (κ1) is 13.3. The standard InChI is InChI=1S/C11H13N3O5S/c1-13-9(2-4-12-13)20(17,18)14-5-3-7-8(6-14)11(16)19-10(7)15/h2,4,7-8H,3,5-6H2,1H3. The first-order chi connectivity index (χ1) is 9.41. The molecule has 0 aromatic carbocycles. The molecule has 0 radical (unpaired) electrons. The maximum atomic E-state index is 12.5. The van der Waals surface area contributed by atoms with Crippen LogP contribution in [0.4, 0.5) is 0 Å². The van der Waals surface area contributed by atoms with Crippen molar-refractivity contribution in [1.29, 1.82) is 0 Å². The van der Waals surface area contributed by atoms with Gasteiger partial charge in [-0.05, 0) is 12.5 Å². The van der Waals surface area contributed by atoms with Crippen molar-refractivity contribution in [2.24, 2.45) is 18.9 Å². The highest BCUT2D eigenvalue weighted by atomic mass is 32.2. The highest BCUT2D eigenvalue weighted by Gasteiger charge is 2.49. The van der Waals surface area contributed by atoms with Gasteiger partial charge in [-0.1, -0.05) is 0 Å². The third-order valence-electron chi connectivity index (χ3n) is 3.76. The molecule has 0 aliphatic carbocycles. The summed E-state index contributed by atoms with van der Waals surface area (Å²) in [4.78, 5) is 23.0. The van der Waals surface area contributed by atoms with Gasteiger partial charge in [-0.2, -0.15) is 9.40 Å². The minimum absolute atomic E-state index is 0.0250. The van der Waals surface area contributed by atoms with Crippen molar-refractivity contribution in [2.45, 2.75) is 11.4 Å². The van der Waals surface area contributed by atoms with Crippen LogP contribution in [-0.4, -0.2) is 47.5 Å². The van der Waals surface area contributed by atoms with Crippen LogP contribution in [0.5, 0.6) is 0 Å². The SMILES string of the molecule is Cn1nccc1S(=O)(=O)N1CCC2C(=O)OC(=O)C2C1. The second-order valence-corrected chi connectivity index (χ2v) is 6.78. The van der Waals surface area contributed by atoms with Crippen LogP contribution in [0, 0.1) is 11.8 Å². The van der Waals surface area contributed by atoms with Gasteiger partial charge in [0.1, 0.15) is 0 Å². The van der Waals surface area contributed by atoms with E-state index < -0.39 is 33.8 Å². The maximum absolute atomic E-state index is 12.5. The van der Waals surface area contributed by atoms with Gasteiger partial charge < -0.3 is 4.74 Å². The van der Waals surface area contributed by atoms with Gasteiger partial charge in [-0.15, -0.1) is 0 Å².